The second kappa shape index (κ2) is 6.20. The van der Waals surface area contributed by atoms with Crippen molar-refractivity contribution in [1.29, 1.82) is 0 Å². The van der Waals surface area contributed by atoms with Crippen LogP contribution in [-0.4, -0.2) is 37.7 Å². The largest absolute Gasteiger partial charge is 0.334 e. The van der Waals surface area contributed by atoms with Gasteiger partial charge in [0, 0.05) is 30.5 Å². The third-order valence-electron chi connectivity index (χ3n) is 5.18. The zero-order valence-corrected chi connectivity index (χ0v) is 14.5. The lowest BCUT2D eigenvalue weighted by Gasteiger charge is -2.28. The monoisotopic (exact) mass is 344 g/mol. The van der Waals surface area contributed by atoms with Crippen molar-refractivity contribution in [3.8, 4) is 0 Å². The summed E-state index contributed by atoms with van der Waals surface area (Å²) < 4.78 is 2.23. The van der Waals surface area contributed by atoms with Crippen molar-refractivity contribution < 1.29 is 4.79 Å². The first-order valence-corrected chi connectivity index (χ1v) is 9.00. The molecule has 0 radical (unpaired) electrons. The molecule has 0 spiro atoms. The summed E-state index contributed by atoms with van der Waals surface area (Å²) in [5, 5.41) is 9.33. The third-order valence-corrected chi connectivity index (χ3v) is 5.42. The highest BCUT2D eigenvalue weighted by Gasteiger charge is 2.40. The van der Waals surface area contributed by atoms with Crippen molar-refractivity contribution in [3.05, 3.63) is 46.5 Å². The molecule has 0 saturated carbocycles. The molecule has 0 aliphatic carbocycles. The summed E-state index contributed by atoms with van der Waals surface area (Å²) in [6, 6.07) is 8.08. The van der Waals surface area contributed by atoms with Crippen LogP contribution in [0.4, 0.5) is 0 Å². The molecule has 126 valence electrons. The fourth-order valence-electron chi connectivity index (χ4n) is 4.08. The van der Waals surface area contributed by atoms with Crippen LogP contribution in [-0.2, 0) is 30.6 Å². The first kappa shape index (κ1) is 15.6. The number of halogens is 1. The maximum atomic E-state index is 13.0. The lowest BCUT2D eigenvalue weighted by Crippen LogP contribution is -2.43. The molecular formula is C18H21ClN4O. The van der Waals surface area contributed by atoms with E-state index in [0.29, 0.717) is 11.4 Å². The lowest BCUT2D eigenvalue weighted by atomic mass is 10.1. The van der Waals surface area contributed by atoms with Gasteiger partial charge in [0.1, 0.15) is 11.6 Å². The van der Waals surface area contributed by atoms with E-state index in [0.717, 1.165) is 49.4 Å². The quantitative estimate of drug-likeness (QED) is 0.860. The minimum Gasteiger partial charge on any atom is -0.334 e. The van der Waals surface area contributed by atoms with Crippen LogP contribution in [0.15, 0.2) is 24.3 Å². The van der Waals surface area contributed by atoms with E-state index >= 15 is 0 Å². The number of aryl methyl sites for hydroxylation is 1. The van der Waals surface area contributed by atoms with Crippen molar-refractivity contribution in [3.63, 3.8) is 0 Å². The first-order valence-electron chi connectivity index (χ1n) is 8.62. The van der Waals surface area contributed by atoms with Gasteiger partial charge in [-0.1, -0.05) is 30.7 Å². The third kappa shape index (κ3) is 2.71. The fourth-order valence-corrected chi connectivity index (χ4v) is 4.29. The Morgan fingerprint density at radius 3 is 2.92 bits per heavy atom. The average molecular weight is 345 g/mol. The number of carbonyl (C=O) groups is 1. The highest BCUT2D eigenvalue weighted by molar-refractivity contribution is 6.30. The molecule has 4 rings (SSSR count). The van der Waals surface area contributed by atoms with Gasteiger partial charge in [-0.05, 0) is 30.5 Å². The fraction of sp³-hybridized carbons (Fsp3) is 0.500. The Morgan fingerprint density at radius 1 is 1.29 bits per heavy atom. The predicted molar refractivity (Wildman–Crippen MR) is 91.9 cm³/mol. The van der Waals surface area contributed by atoms with Crippen LogP contribution >= 0.6 is 11.6 Å². The van der Waals surface area contributed by atoms with Crippen LogP contribution in [0.2, 0.25) is 5.02 Å². The second-order valence-corrected chi connectivity index (χ2v) is 7.13. The summed E-state index contributed by atoms with van der Waals surface area (Å²) in [4.78, 5) is 15.1. The molecule has 24 heavy (non-hydrogen) atoms. The van der Waals surface area contributed by atoms with Gasteiger partial charge in [-0.3, -0.25) is 4.79 Å². The second-order valence-electron chi connectivity index (χ2n) is 6.69. The number of nitrogens with zero attached hydrogens (tertiary/aromatic N) is 4. The van der Waals surface area contributed by atoms with Crippen molar-refractivity contribution in [2.75, 3.05) is 0 Å². The van der Waals surface area contributed by atoms with Gasteiger partial charge in [0.2, 0.25) is 5.91 Å². The van der Waals surface area contributed by atoms with Crippen molar-refractivity contribution >= 4 is 17.5 Å². The van der Waals surface area contributed by atoms with Crippen LogP contribution in [0, 0.1) is 0 Å². The molecule has 3 heterocycles. The van der Waals surface area contributed by atoms with E-state index in [2.05, 4.69) is 26.6 Å². The molecule has 1 saturated heterocycles. The Labute approximate surface area is 146 Å². The molecule has 1 amide bonds. The Balaban J connectivity index is 1.56. The molecular weight excluding hydrogens is 324 g/mol. The number of amides is 1. The number of hydrogen-bond donors (Lipinski definition) is 0. The number of aromatic nitrogens is 3. The summed E-state index contributed by atoms with van der Waals surface area (Å²) in [6.07, 6.45) is 4.22. The number of carbonyl (C=O) groups excluding carboxylic acids is 1. The van der Waals surface area contributed by atoms with Gasteiger partial charge in [-0.2, -0.15) is 0 Å². The van der Waals surface area contributed by atoms with Crippen molar-refractivity contribution in [2.24, 2.45) is 0 Å². The minimum atomic E-state index is 0.196. The molecule has 2 aliphatic heterocycles. The van der Waals surface area contributed by atoms with E-state index in [1.165, 1.54) is 0 Å². The smallest absolute Gasteiger partial charge is 0.227 e. The summed E-state index contributed by atoms with van der Waals surface area (Å²) >= 11 is 6.05. The summed E-state index contributed by atoms with van der Waals surface area (Å²) in [5.74, 6) is 2.25. The number of rotatable bonds is 3. The summed E-state index contributed by atoms with van der Waals surface area (Å²) in [7, 11) is 0. The van der Waals surface area contributed by atoms with E-state index in [4.69, 9.17) is 11.6 Å². The topological polar surface area (TPSA) is 51.0 Å². The molecule has 2 atom stereocenters. The van der Waals surface area contributed by atoms with E-state index < -0.39 is 0 Å². The summed E-state index contributed by atoms with van der Waals surface area (Å²) in [5.41, 5.74) is 0.977. The van der Waals surface area contributed by atoms with Crippen LogP contribution in [0.5, 0.6) is 0 Å². The molecule has 1 aromatic carbocycles. The van der Waals surface area contributed by atoms with Crippen LogP contribution in [0.1, 0.15) is 37.0 Å². The minimum absolute atomic E-state index is 0.196. The molecule has 2 unspecified atom stereocenters. The molecule has 6 heteroatoms. The molecule has 2 aliphatic rings. The maximum absolute atomic E-state index is 13.0. The summed E-state index contributed by atoms with van der Waals surface area (Å²) in [6.45, 7) is 2.92. The van der Waals surface area contributed by atoms with Gasteiger partial charge in [-0.25, -0.2) is 0 Å². The van der Waals surface area contributed by atoms with Gasteiger partial charge >= 0.3 is 0 Å². The number of fused-ring (bicyclic) bond motifs is 3. The lowest BCUT2D eigenvalue weighted by molar-refractivity contribution is -0.133. The van der Waals surface area contributed by atoms with Gasteiger partial charge in [-0.15, -0.1) is 10.2 Å². The van der Waals surface area contributed by atoms with Crippen LogP contribution < -0.4 is 0 Å². The van der Waals surface area contributed by atoms with E-state index in [-0.39, 0.29) is 18.0 Å². The molecule has 1 aromatic heterocycles. The zero-order valence-electron chi connectivity index (χ0n) is 13.8. The Hall–Kier alpha value is -1.88. The van der Waals surface area contributed by atoms with E-state index in [9.17, 15) is 4.79 Å². The van der Waals surface area contributed by atoms with Crippen LogP contribution in [0.25, 0.3) is 0 Å². The van der Waals surface area contributed by atoms with Crippen molar-refractivity contribution in [2.45, 2.75) is 57.7 Å². The predicted octanol–water partition coefficient (Wildman–Crippen LogP) is 2.65. The van der Waals surface area contributed by atoms with Gasteiger partial charge in [0.15, 0.2) is 0 Å². The molecule has 5 nitrogen and oxygen atoms in total. The molecule has 0 N–H and O–H groups in total. The van der Waals surface area contributed by atoms with Crippen LogP contribution in [0.3, 0.4) is 0 Å². The van der Waals surface area contributed by atoms with Crippen molar-refractivity contribution in [1.82, 2.24) is 19.7 Å². The normalized spacial score (nSPS) is 22.3. The highest BCUT2D eigenvalue weighted by Crippen LogP contribution is 2.32. The zero-order chi connectivity index (χ0) is 16.7. The highest BCUT2D eigenvalue weighted by atomic mass is 35.5. The SMILES string of the molecule is CCc1nnc2n1CC1CCC(C2)N1C(=O)Cc1cccc(Cl)c1. The van der Waals surface area contributed by atoms with E-state index in [1.54, 1.807) is 0 Å². The molecule has 2 bridgehead atoms. The van der Waals surface area contributed by atoms with Gasteiger partial charge < -0.3 is 9.47 Å². The van der Waals surface area contributed by atoms with E-state index in [1.807, 2.05) is 24.3 Å². The number of benzene rings is 1. The van der Waals surface area contributed by atoms with Gasteiger partial charge in [0.25, 0.3) is 0 Å². The Kier molecular flexibility index (Phi) is 4.04. The Morgan fingerprint density at radius 2 is 2.12 bits per heavy atom. The number of hydrogen-bond acceptors (Lipinski definition) is 3. The van der Waals surface area contributed by atoms with Gasteiger partial charge in [0.05, 0.1) is 12.5 Å². The molecule has 2 aromatic rings. The Bertz CT molecular complexity index is 772. The molecule has 1 fully saturated rings. The standard InChI is InChI=1S/C18H21ClN4O/c1-2-16-20-21-17-10-14-6-7-15(11-22(16)17)23(14)18(24)9-12-4-3-5-13(19)8-12/h3-5,8,14-15H,2,6-7,9-11H2,1H3. The average Bonchev–Trinajstić information content (AvgIpc) is 3.07. The first-order chi connectivity index (χ1) is 11.7. The maximum Gasteiger partial charge on any atom is 0.227 e.